The average Bonchev–Trinajstić information content (AvgIpc) is 3.29. The quantitative estimate of drug-likeness (QED) is 0.579. The molecule has 32 heavy (non-hydrogen) atoms. The molecule has 2 aliphatic heterocycles. The lowest BCUT2D eigenvalue weighted by atomic mass is 10.2. The van der Waals surface area contributed by atoms with Gasteiger partial charge in [-0.15, -0.1) is 0 Å². The van der Waals surface area contributed by atoms with E-state index in [2.05, 4.69) is 9.88 Å². The molecule has 0 spiro atoms. The molecule has 0 N–H and O–H groups in total. The minimum absolute atomic E-state index is 0.213. The van der Waals surface area contributed by atoms with Gasteiger partial charge in [0.25, 0.3) is 5.91 Å². The number of methoxy groups -OCH3 is 1. The number of nitrogens with zero attached hydrogens (tertiary/aromatic N) is 4. The van der Waals surface area contributed by atoms with Gasteiger partial charge in [0.2, 0.25) is 0 Å². The molecule has 5 rings (SSSR count). The zero-order valence-corrected chi connectivity index (χ0v) is 18.5. The van der Waals surface area contributed by atoms with Crippen LogP contribution in [0.1, 0.15) is 10.4 Å². The molecule has 0 radical (unpaired) electrons. The van der Waals surface area contributed by atoms with E-state index in [-0.39, 0.29) is 12.5 Å². The maximum absolute atomic E-state index is 13.8. The molecule has 1 aromatic carbocycles. The molecule has 2 saturated heterocycles. The summed E-state index contributed by atoms with van der Waals surface area (Å²) in [5.41, 5.74) is 1.23. The second-order valence-electron chi connectivity index (χ2n) is 7.38. The number of fused-ring (bicyclic) bond motifs is 1. The highest BCUT2D eigenvalue weighted by Crippen LogP contribution is 2.36. The number of morpholine rings is 1. The van der Waals surface area contributed by atoms with Gasteiger partial charge in [-0.05, 0) is 24.3 Å². The topological polar surface area (TPSA) is 86.3 Å². The molecule has 0 bridgehead atoms. The number of para-hydroxylation sites is 1. The van der Waals surface area contributed by atoms with E-state index in [0.29, 0.717) is 48.4 Å². The van der Waals surface area contributed by atoms with Crippen molar-refractivity contribution in [3.8, 4) is 5.75 Å². The SMILES string of the molecule is COc1cccc2sc(N(C(=O)c3ccnc(N4CCOCC4)c3)C3COCCO3)nc12. The van der Waals surface area contributed by atoms with Crippen LogP contribution < -0.4 is 14.5 Å². The van der Waals surface area contributed by atoms with Gasteiger partial charge < -0.3 is 23.8 Å². The molecule has 9 nitrogen and oxygen atoms in total. The number of hydrogen-bond acceptors (Lipinski definition) is 9. The van der Waals surface area contributed by atoms with Crippen molar-refractivity contribution in [3.05, 3.63) is 42.1 Å². The zero-order chi connectivity index (χ0) is 21.9. The summed E-state index contributed by atoms with van der Waals surface area (Å²) >= 11 is 1.42. The summed E-state index contributed by atoms with van der Waals surface area (Å²) in [4.78, 5) is 26.7. The fourth-order valence-electron chi connectivity index (χ4n) is 3.80. The Bertz CT molecular complexity index is 1090. The van der Waals surface area contributed by atoms with Gasteiger partial charge in [-0.3, -0.25) is 9.69 Å². The first kappa shape index (κ1) is 21.1. The molecule has 10 heteroatoms. The van der Waals surface area contributed by atoms with Crippen LogP contribution in [0.15, 0.2) is 36.5 Å². The Morgan fingerprint density at radius 1 is 1.19 bits per heavy atom. The first-order chi connectivity index (χ1) is 15.7. The van der Waals surface area contributed by atoms with E-state index in [1.807, 2.05) is 24.3 Å². The van der Waals surface area contributed by atoms with Gasteiger partial charge in [0.05, 0.1) is 44.8 Å². The summed E-state index contributed by atoms with van der Waals surface area (Å²) in [6.07, 6.45) is 1.10. The maximum Gasteiger partial charge on any atom is 0.262 e. The summed E-state index contributed by atoms with van der Waals surface area (Å²) < 4.78 is 23.3. The van der Waals surface area contributed by atoms with Crippen LogP contribution in [0, 0.1) is 0 Å². The lowest BCUT2D eigenvalue weighted by Crippen LogP contribution is -2.47. The van der Waals surface area contributed by atoms with E-state index in [1.54, 1.807) is 24.3 Å². The van der Waals surface area contributed by atoms with Crippen molar-refractivity contribution in [1.29, 1.82) is 0 Å². The minimum Gasteiger partial charge on any atom is -0.494 e. The Kier molecular flexibility index (Phi) is 6.17. The van der Waals surface area contributed by atoms with Crippen LogP contribution in [0.3, 0.4) is 0 Å². The first-order valence-corrected chi connectivity index (χ1v) is 11.3. The molecular formula is C22H24N4O5S. The Balaban J connectivity index is 1.52. The molecule has 1 atom stereocenters. The van der Waals surface area contributed by atoms with Gasteiger partial charge in [-0.1, -0.05) is 17.4 Å². The van der Waals surface area contributed by atoms with Gasteiger partial charge in [-0.2, -0.15) is 0 Å². The van der Waals surface area contributed by atoms with Gasteiger partial charge in [0, 0.05) is 24.8 Å². The third-order valence-corrected chi connectivity index (χ3v) is 6.45. The van der Waals surface area contributed by atoms with Gasteiger partial charge in [-0.25, -0.2) is 9.97 Å². The molecule has 0 aliphatic carbocycles. The third-order valence-electron chi connectivity index (χ3n) is 5.43. The second-order valence-corrected chi connectivity index (χ2v) is 8.39. The van der Waals surface area contributed by atoms with E-state index < -0.39 is 6.23 Å². The van der Waals surface area contributed by atoms with Crippen LogP contribution in [0.2, 0.25) is 0 Å². The number of benzene rings is 1. The Morgan fingerprint density at radius 2 is 2.06 bits per heavy atom. The molecule has 1 unspecified atom stereocenters. The second kappa shape index (κ2) is 9.37. The van der Waals surface area contributed by atoms with Crippen LogP contribution in [-0.2, 0) is 14.2 Å². The van der Waals surface area contributed by atoms with Crippen molar-refractivity contribution in [3.63, 3.8) is 0 Å². The lowest BCUT2D eigenvalue weighted by Gasteiger charge is -2.32. The van der Waals surface area contributed by atoms with E-state index in [0.717, 1.165) is 23.6 Å². The van der Waals surface area contributed by atoms with Crippen molar-refractivity contribution >= 4 is 38.4 Å². The normalized spacial score (nSPS) is 19.2. The van der Waals surface area contributed by atoms with Crippen LogP contribution in [0.5, 0.6) is 5.75 Å². The molecule has 3 aromatic rings. The van der Waals surface area contributed by atoms with E-state index in [9.17, 15) is 4.79 Å². The summed E-state index contributed by atoms with van der Waals surface area (Å²) in [5, 5.41) is 0.537. The van der Waals surface area contributed by atoms with Crippen LogP contribution in [-0.4, -0.2) is 75.3 Å². The number of rotatable bonds is 5. The summed E-state index contributed by atoms with van der Waals surface area (Å²) in [6.45, 7) is 3.97. The Labute approximate surface area is 189 Å². The molecule has 168 valence electrons. The van der Waals surface area contributed by atoms with Gasteiger partial charge in [0.15, 0.2) is 11.4 Å². The molecule has 2 fully saturated rings. The molecule has 1 amide bonds. The molecule has 0 saturated carbocycles. The summed E-state index contributed by atoms with van der Waals surface area (Å²) in [5.74, 6) is 1.21. The van der Waals surface area contributed by atoms with E-state index >= 15 is 0 Å². The van der Waals surface area contributed by atoms with Gasteiger partial charge >= 0.3 is 0 Å². The predicted octanol–water partition coefficient (Wildman–Crippen LogP) is 2.56. The number of pyridine rings is 1. The van der Waals surface area contributed by atoms with Crippen LogP contribution >= 0.6 is 11.3 Å². The number of hydrogen-bond donors (Lipinski definition) is 0. The Morgan fingerprint density at radius 3 is 2.84 bits per heavy atom. The first-order valence-electron chi connectivity index (χ1n) is 10.5. The summed E-state index contributed by atoms with van der Waals surface area (Å²) in [7, 11) is 1.61. The van der Waals surface area contributed by atoms with Crippen molar-refractivity contribution in [2.75, 3.05) is 63.0 Å². The van der Waals surface area contributed by atoms with Crippen molar-refractivity contribution in [1.82, 2.24) is 9.97 Å². The minimum atomic E-state index is -0.567. The number of aromatic nitrogens is 2. The number of carbonyl (C=O) groups excluding carboxylic acids is 1. The number of amides is 1. The number of carbonyl (C=O) groups is 1. The average molecular weight is 457 g/mol. The summed E-state index contributed by atoms with van der Waals surface area (Å²) in [6, 6.07) is 9.26. The molecular weight excluding hydrogens is 432 g/mol. The number of ether oxygens (including phenoxy) is 4. The van der Waals surface area contributed by atoms with Crippen LogP contribution in [0.25, 0.3) is 10.2 Å². The molecule has 2 aliphatic rings. The predicted molar refractivity (Wildman–Crippen MR) is 121 cm³/mol. The number of anilines is 2. The van der Waals surface area contributed by atoms with Crippen molar-refractivity contribution in [2.45, 2.75) is 6.23 Å². The van der Waals surface area contributed by atoms with E-state index in [4.69, 9.17) is 23.9 Å². The number of thiazole rings is 1. The highest BCUT2D eigenvalue weighted by molar-refractivity contribution is 7.22. The van der Waals surface area contributed by atoms with Crippen molar-refractivity contribution in [2.24, 2.45) is 0 Å². The largest absolute Gasteiger partial charge is 0.494 e. The molecule has 2 aromatic heterocycles. The maximum atomic E-state index is 13.8. The lowest BCUT2D eigenvalue weighted by molar-refractivity contribution is -0.0856. The van der Waals surface area contributed by atoms with Crippen molar-refractivity contribution < 1.29 is 23.7 Å². The fourth-order valence-corrected chi connectivity index (χ4v) is 4.82. The standard InChI is InChI=1S/C22H24N4O5S/c1-28-16-3-2-4-17-20(16)24-22(32-17)26(19-14-30-11-12-31-19)21(27)15-5-6-23-18(13-15)25-7-9-29-10-8-25/h2-6,13,19H,7-12,14H2,1H3. The third kappa shape index (κ3) is 4.14. The fraction of sp³-hybridized carbons (Fsp3) is 0.409. The smallest absolute Gasteiger partial charge is 0.262 e. The molecule has 4 heterocycles. The van der Waals surface area contributed by atoms with Crippen LogP contribution in [0.4, 0.5) is 10.9 Å². The zero-order valence-electron chi connectivity index (χ0n) is 17.7. The highest BCUT2D eigenvalue weighted by Gasteiger charge is 2.32. The monoisotopic (exact) mass is 456 g/mol. The highest BCUT2D eigenvalue weighted by atomic mass is 32.1. The Hall–Kier alpha value is -2.79. The van der Waals surface area contributed by atoms with Gasteiger partial charge in [0.1, 0.15) is 17.1 Å². The van der Waals surface area contributed by atoms with E-state index in [1.165, 1.54) is 11.3 Å².